The Morgan fingerprint density at radius 2 is 0.823 bits per heavy atom. The van der Waals surface area contributed by atoms with Crippen molar-refractivity contribution < 1.29 is 0 Å². The van der Waals surface area contributed by atoms with Crippen LogP contribution in [0.3, 0.4) is 0 Å². The van der Waals surface area contributed by atoms with Gasteiger partial charge in [-0.1, -0.05) is 200 Å². The number of fused-ring (bicyclic) bond motifs is 7. The maximum absolute atomic E-state index is 2.48. The number of rotatable bonds is 7. The molecule has 0 saturated heterocycles. The molecule has 1 aromatic heterocycles. The first-order valence-electron chi connectivity index (χ1n) is 21.3. The summed E-state index contributed by atoms with van der Waals surface area (Å²) in [4.78, 5) is 2.48. The highest BCUT2D eigenvalue weighted by atomic mass is 32.1. The van der Waals surface area contributed by atoms with Crippen LogP contribution in [0.1, 0.15) is 0 Å². The molecule has 1 heterocycles. The number of thiophene rings is 1. The van der Waals surface area contributed by atoms with Gasteiger partial charge in [0.05, 0.1) is 16.1 Å². The predicted octanol–water partition coefficient (Wildman–Crippen LogP) is 17.7. The first-order chi connectivity index (χ1) is 30.8. The molecule has 0 radical (unpaired) electrons. The van der Waals surface area contributed by atoms with Gasteiger partial charge in [0.2, 0.25) is 0 Å². The molecule has 2 heteroatoms. The fourth-order valence-electron chi connectivity index (χ4n) is 9.66. The third kappa shape index (κ3) is 5.99. The molecule has 11 aromatic carbocycles. The van der Waals surface area contributed by atoms with Crippen molar-refractivity contribution in [3.8, 4) is 44.5 Å². The lowest BCUT2D eigenvalue weighted by atomic mass is 9.84. The van der Waals surface area contributed by atoms with Crippen LogP contribution >= 0.6 is 11.3 Å². The van der Waals surface area contributed by atoms with Crippen molar-refractivity contribution in [3.05, 3.63) is 237 Å². The number of benzene rings is 11. The van der Waals surface area contributed by atoms with Gasteiger partial charge in [-0.05, 0) is 108 Å². The molecule has 62 heavy (non-hydrogen) atoms. The van der Waals surface area contributed by atoms with Crippen molar-refractivity contribution >= 4 is 80.9 Å². The van der Waals surface area contributed by atoms with Gasteiger partial charge in [0.25, 0.3) is 0 Å². The molecule has 0 unspecified atom stereocenters. The number of anilines is 3. The number of hydrogen-bond donors (Lipinski definition) is 0. The largest absolute Gasteiger partial charge is 0.308 e. The second kappa shape index (κ2) is 15.0. The van der Waals surface area contributed by atoms with Gasteiger partial charge in [0.15, 0.2) is 0 Å². The molecule has 290 valence electrons. The van der Waals surface area contributed by atoms with Gasteiger partial charge in [-0.3, -0.25) is 0 Å². The fourth-order valence-corrected chi connectivity index (χ4v) is 10.9. The van der Waals surface area contributed by atoms with E-state index in [0.29, 0.717) is 0 Å². The Hall–Kier alpha value is -7.78. The minimum absolute atomic E-state index is 1.11. The minimum atomic E-state index is 1.11. The van der Waals surface area contributed by atoms with E-state index in [0.717, 1.165) is 17.1 Å². The highest BCUT2D eigenvalue weighted by Crippen LogP contribution is 2.50. The van der Waals surface area contributed by atoms with Gasteiger partial charge in [-0.25, -0.2) is 0 Å². The molecule has 12 aromatic rings. The molecule has 1 nitrogen and oxygen atoms in total. The highest BCUT2D eigenvalue weighted by molar-refractivity contribution is 7.26. The van der Waals surface area contributed by atoms with Crippen molar-refractivity contribution in [1.29, 1.82) is 0 Å². The molecule has 0 amide bonds. The molecule has 0 saturated carbocycles. The lowest BCUT2D eigenvalue weighted by Gasteiger charge is -2.29. The van der Waals surface area contributed by atoms with Crippen LogP contribution in [-0.4, -0.2) is 0 Å². The van der Waals surface area contributed by atoms with E-state index in [2.05, 4.69) is 241 Å². The van der Waals surface area contributed by atoms with Crippen LogP contribution in [0, 0.1) is 0 Å². The average molecular weight is 806 g/mol. The molecule has 0 aliphatic carbocycles. The van der Waals surface area contributed by atoms with Crippen molar-refractivity contribution in [2.75, 3.05) is 4.90 Å². The summed E-state index contributed by atoms with van der Waals surface area (Å²) >= 11 is 1.87. The monoisotopic (exact) mass is 805 g/mol. The van der Waals surface area contributed by atoms with Crippen LogP contribution in [0.25, 0.3) is 97.0 Å². The third-order valence-electron chi connectivity index (χ3n) is 12.5. The van der Waals surface area contributed by atoms with E-state index in [1.54, 1.807) is 0 Å². The van der Waals surface area contributed by atoms with Crippen LogP contribution < -0.4 is 4.90 Å². The van der Waals surface area contributed by atoms with Crippen molar-refractivity contribution in [3.63, 3.8) is 0 Å². The van der Waals surface area contributed by atoms with Gasteiger partial charge >= 0.3 is 0 Å². The van der Waals surface area contributed by atoms with Gasteiger partial charge < -0.3 is 4.90 Å². The van der Waals surface area contributed by atoms with Crippen molar-refractivity contribution in [2.45, 2.75) is 0 Å². The predicted molar refractivity (Wildman–Crippen MR) is 268 cm³/mol. The summed E-state index contributed by atoms with van der Waals surface area (Å²) < 4.78 is 2.56. The van der Waals surface area contributed by atoms with Crippen LogP contribution in [0.5, 0.6) is 0 Å². The molecule has 0 aliphatic heterocycles. The SMILES string of the molecule is c1ccc(-c2c(-c3ccccc3)c3cc(-c4ccccc4N(c4ccc(-c5cccc6ccccc56)cc4)c4cccc5c4sc4ccccc45)ccc3c3ccccc23)cc1. The zero-order valence-corrected chi connectivity index (χ0v) is 34.7. The van der Waals surface area contributed by atoms with Crippen LogP contribution in [-0.2, 0) is 0 Å². The van der Waals surface area contributed by atoms with Gasteiger partial charge in [0, 0.05) is 26.7 Å². The summed E-state index contributed by atoms with van der Waals surface area (Å²) in [7, 11) is 0. The van der Waals surface area contributed by atoms with Crippen LogP contribution in [0.15, 0.2) is 237 Å². The van der Waals surface area contributed by atoms with E-state index in [1.807, 2.05) is 11.3 Å². The zero-order chi connectivity index (χ0) is 41.0. The molecule has 0 atom stereocenters. The summed E-state index contributed by atoms with van der Waals surface area (Å²) in [5.41, 5.74) is 13.1. The van der Waals surface area contributed by atoms with Crippen LogP contribution in [0.2, 0.25) is 0 Å². The van der Waals surface area contributed by atoms with Gasteiger partial charge in [-0.2, -0.15) is 0 Å². The normalized spacial score (nSPS) is 11.5. The number of hydrogen-bond acceptors (Lipinski definition) is 2. The minimum Gasteiger partial charge on any atom is -0.308 e. The zero-order valence-electron chi connectivity index (χ0n) is 33.9. The second-order valence-electron chi connectivity index (χ2n) is 16.0. The maximum Gasteiger partial charge on any atom is 0.0640 e. The molecule has 0 N–H and O–H groups in total. The van der Waals surface area contributed by atoms with E-state index in [4.69, 9.17) is 0 Å². The molecule has 0 aliphatic rings. The van der Waals surface area contributed by atoms with Crippen LogP contribution in [0.4, 0.5) is 17.1 Å². The summed E-state index contributed by atoms with van der Waals surface area (Å²) in [5.74, 6) is 0. The van der Waals surface area contributed by atoms with E-state index >= 15 is 0 Å². The summed E-state index contributed by atoms with van der Waals surface area (Å²) in [6.07, 6.45) is 0. The fraction of sp³-hybridized carbons (Fsp3) is 0. The second-order valence-corrected chi connectivity index (χ2v) is 17.0. The summed E-state index contributed by atoms with van der Waals surface area (Å²) in [6.45, 7) is 0. The smallest absolute Gasteiger partial charge is 0.0640 e. The van der Waals surface area contributed by atoms with Crippen molar-refractivity contribution in [2.24, 2.45) is 0 Å². The lowest BCUT2D eigenvalue weighted by molar-refractivity contribution is 1.30. The third-order valence-corrected chi connectivity index (χ3v) is 13.7. The molecular weight excluding hydrogens is 767 g/mol. The Bertz CT molecular complexity index is 3620. The maximum atomic E-state index is 2.48. The number of nitrogens with zero attached hydrogens (tertiary/aromatic N) is 1. The summed E-state index contributed by atoms with van der Waals surface area (Å²) in [6, 6.07) is 86.8. The first kappa shape index (κ1) is 36.1. The van der Waals surface area contributed by atoms with Crippen molar-refractivity contribution in [1.82, 2.24) is 0 Å². The number of para-hydroxylation sites is 1. The lowest BCUT2D eigenvalue weighted by Crippen LogP contribution is -2.11. The summed E-state index contributed by atoms with van der Waals surface area (Å²) in [5, 5.41) is 10.1. The topological polar surface area (TPSA) is 3.24 Å². The van der Waals surface area contributed by atoms with E-state index in [9.17, 15) is 0 Å². The highest BCUT2D eigenvalue weighted by Gasteiger charge is 2.23. The molecule has 0 bridgehead atoms. The molecule has 0 spiro atoms. The van der Waals surface area contributed by atoms with E-state index in [-0.39, 0.29) is 0 Å². The Morgan fingerprint density at radius 1 is 0.290 bits per heavy atom. The van der Waals surface area contributed by atoms with Gasteiger partial charge in [0.1, 0.15) is 0 Å². The Morgan fingerprint density at radius 3 is 1.61 bits per heavy atom. The molecule has 0 fully saturated rings. The van der Waals surface area contributed by atoms with Gasteiger partial charge in [-0.15, -0.1) is 11.3 Å². The molecular formula is C60H39NS. The Kier molecular flexibility index (Phi) is 8.76. The van der Waals surface area contributed by atoms with E-state index in [1.165, 1.54) is 97.0 Å². The quantitative estimate of drug-likeness (QED) is 0.145. The van der Waals surface area contributed by atoms with E-state index < -0.39 is 0 Å². The first-order valence-corrected chi connectivity index (χ1v) is 22.1. The average Bonchev–Trinajstić information content (AvgIpc) is 3.74. The standard InChI is InChI=1S/C60H39NS/c1-3-18-42(19-4-1)58-52-27-10-9-25-49(52)50-38-35-44(39-54(50)59(58)43-20-5-2-6-21-43)48-24-11-13-30-55(48)61(56-31-16-29-53-51-26-12-14-32-57(51)62-60(53)56)45-36-33-41(34-37-45)47-28-15-22-40-17-7-8-23-46(40)47/h1-39H. The Labute approximate surface area is 365 Å². The molecule has 12 rings (SSSR count). The Balaban J connectivity index is 1.11.